The van der Waals surface area contributed by atoms with Crippen LogP contribution in [0.5, 0.6) is 0 Å². The zero-order valence-electron chi connectivity index (χ0n) is 15.7. The molecule has 3 heterocycles. The number of ether oxygens (including phenoxy) is 1. The van der Waals surface area contributed by atoms with Crippen molar-refractivity contribution < 1.29 is 17.9 Å². The highest BCUT2D eigenvalue weighted by atomic mass is 32.2. The van der Waals surface area contributed by atoms with Crippen molar-refractivity contribution in [3.05, 3.63) is 17.5 Å². The molecule has 0 aromatic carbocycles. The Hall–Kier alpha value is -1.45. The highest BCUT2D eigenvalue weighted by Gasteiger charge is 2.37. The van der Waals surface area contributed by atoms with Gasteiger partial charge >= 0.3 is 0 Å². The fourth-order valence-corrected chi connectivity index (χ4v) is 5.42. The van der Waals surface area contributed by atoms with Crippen LogP contribution in [0.4, 0.5) is 0 Å². The summed E-state index contributed by atoms with van der Waals surface area (Å²) in [5.74, 6) is 0.0901. The van der Waals surface area contributed by atoms with Gasteiger partial charge in [0.1, 0.15) is 5.69 Å². The van der Waals surface area contributed by atoms with E-state index in [0.717, 1.165) is 5.69 Å². The van der Waals surface area contributed by atoms with Crippen molar-refractivity contribution in [2.45, 2.75) is 37.9 Å². The number of piperidine rings is 1. The van der Waals surface area contributed by atoms with Crippen LogP contribution in [0, 0.1) is 0 Å². The maximum Gasteiger partial charge on any atom is 0.272 e. The van der Waals surface area contributed by atoms with Gasteiger partial charge in [0.15, 0.2) is 0 Å². The Morgan fingerprint density at radius 2 is 1.96 bits per heavy atom. The van der Waals surface area contributed by atoms with Crippen LogP contribution in [-0.2, 0) is 21.8 Å². The molecular formula is C17H28N4O4S. The van der Waals surface area contributed by atoms with Crippen LogP contribution < -0.4 is 0 Å². The maximum absolute atomic E-state index is 12.9. The second-order valence-electron chi connectivity index (χ2n) is 7.30. The van der Waals surface area contributed by atoms with Gasteiger partial charge in [-0.05, 0) is 24.8 Å². The summed E-state index contributed by atoms with van der Waals surface area (Å²) >= 11 is 0. The predicted molar refractivity (Wildman–Crippen MR) is 97.5 cm³/mol. The summed E-state index contributed by atoms with van der Waals surface area (Å²) in [6.07, 6.45) is 1.28. The number of aromatic nitrogens is 2. The van der Waals surface area contributed by atoms with E-state index < -0.39 is 15.3 Å². The summed E-state index contributed by atoms with van der Waals surface area (Å²) in [6, 6.07) is 1.81. The number of nitrogens with zero attached hydrogens (tertiary/aromatic N) is 4. The lowest BCUT2D eigenvalue weighted by atomic mass is 10.1. The summed E-state index contributed by atoms with van der Waals surface area (Å²) in [5.41, 5.74) is 1.38. The van der Waals surface area contributed by atoms with Crippen molar-refractivity contribution in [3.8, 4) is 0 Å². The average Bonchev–Trinajstić information content (AvgIpc) is 3.04. The van der Waals surface area contributed by atoms with Gasteiger partial charge in [0, 0.05) is 33.2 Å². The largest absolute Gasteiger partial charge is 0.379 e. The number of hydrogen-bond acceptors (Lipinski definition) is 5. The van der Waals surface area contributed by atoms with Crippen LogP contribution in [0.3, 0.4) is 0 Å². The van der Waals surface area contributed by atoms with Gasteiger partial charge in [-0.15, -0.1) is 0 Å². The monoisotopic (exact) mass is 384 g/mol. The van der Waals surface area contributed by atoms with Gasteiger partial charge in [-0.25, -0.2) is 8.42 Å². The van der Waals surface area contributed by atoms with Crippen molar-refractivity contribution >= 4 is 15.9 Å². The summed E-state index contributed by atoms with van der Waals surface area (Å²) in [5, 5.41) is 3.85. The number of rotatable bonds is 4. The Bertz CT molecular complexity index is 753. The molecule has 2 aliphatic heterocycles. The summed E-state index contributed by atoms with van der Waals surface area (Å²) in [4.78, 5) is 14.6. The van der Waals surface area contributed by atoms with Crippen molar-refractivity contribution in [1.29, 1.82) is 0 Å². The average molecular weight is 385 g/mol. The Balaban J connectivity index is 1.74. The van der Waals surface area contributed by atoms with Crippen molar-refractivity contribution in [2.75, 3.05) is 39.4 Å². The molecule has 0 spiro atoms. The summed E-state index contributed by atoms with van der Waals surface area (Å²) in [7, 11) is -1.66. The molecule has 0 aliphatic carbocycles. The number of hydrogen-bond donors (Lipinski definition) is 0. The van der Waals surface area contributed by atoms with Gasteiger partial charge in [0.2, 0.25) is 10.0 Å². The molecule has 2 aliphatic rings. The number of aryl methyl sites for hydroxylation is 1. The first-order chi connectivity index (χ1) is 12.3. The van der Waals surface area contributed by atoms with Gasteiger partial charge in [0.05, 0.1) is 24.2 Å². The molecule has 0 unspecified atom stereocenters. The fraction of sp³-hybridized carbons (Fsp3) is 0.765. The van der Waals surface area contributed by atoms with Crippen LogP contribution in [0.2, 0.25) is 0 Å². The van der Waals surface area contributed by atoms with Crippen LogP contribution >= 0.6 is 0 Å². The smallest absolute Gasteiger partial charge is 0.272 e. The summed E-state index contributed by atoms with van der Waals surface area (Å²) in [6.45, 7) is 6.53. The number of morpholine rings is 1. The Morgan fingerprint density at radius 3 is 2.58 bits per heavy atom. The quantitative estimate of drug-likeness (QED) is 0.767. The Labute approximate surface area is 155 Å². The molecule has 9 heteroatoms. The number of sulfonamides is 1. The number of carbonyl (C=O) groups is 1. The molecule has 2 saturated heterocycles. The summed E-state index contributed by atoms with van der Waals surface area (Å²) < 4.78 is 34.2. The second kappa shape index (κ2) is 7.66. The highest BCUT2D eigenvalue weighted by Crippen LogP contribution is 2.23. The molecule has 0 radical (unpaired) electrons. The van der Waals surface area contributed by atoms with Crippen molar-refractivity contribution in [1.82, 2.24) is 19.0 Å². The van der Waals surface area contributed by atoms with Gasteiger partial charge < -0.3 is 9.64 Å². The molecule has 8 nitrogen and oxygen atoms in total. The lowest BCUT2D eigenvalue weighted by Crippen LogP contribution is -2.52. The lowest BCUT2D eigenvalue weighted by Gasteiger charge is -2.36. The van der Waals surface area contributed by atoms with E-state index in [9.17, 15) is 13.2 Å². The van der Waals surface area contributed by atoms with E-state index in [1.54, 1.807) is 16.6 Å². The molecule has 146 valence electrons. The minimum atomic E-state index is -3.42. The van der Waals surface area contributed by atoms with E-state index >= 15 is 0 Å². The third-order valence-corrected chi connectivity index (χ3v) is 7.44. The third kappa shape index (κ3) is 3.79. The number of likely N-dealkylation sites (tertiary alicyclic amines) is 1. The Kier molecular flexibility index (Phi) is 5.69. The highest BCUT2D eigenvalue weighted by molar-refractivity contribution is 7.89. The molecule has 0 saturated carbocycles. The Morgan fingerprint density at radius 1 is 1.27 bits per heavy atom. The molecule has 1 amide bonds. The zero-order chi connectivity index (χ0) is 18.9. The van der Waals surface area contributed by atoms with E-state index in [1.165, 1.54) is 4.31 Å². The first-order valence-electron chi connectivity index (χ1n) is 9.20. The molecule has 1 atom stereocenters. The molecule has 26 heavy (non-hydrogen) atoms. The fourth-order valence-electron chi connectivity index (χ4n) is 3.51. The third-order valence-electron chi connectivity index (χ3n) is 5.13. The standard InChI is InChI=1S/C17H28N4O4S/c1-13(2)15-11-16(19(3)18-15)17(22)20-6-4-5-14(12-20)26(23,24)21-7-9-25-10-8-21/h11,13-14H,4-10,12H2,1-3H3/t14-/m1/s1. The maximum atomic E-state index is 12.9. The van der Waals surface area contributed by atoms with Gasteiger partial charge in [-0.1, -0.05) is 13.8 Å². The molecular weight excluding hydrogens is 356 g/mol. The van der Waals surface area contributed by atoms with Crippen molar-refractivity contribution in [2.24, 2.45) is 7.05 Å². The van der Waals surface area contributed by atoms with Crippen LogP contribution in [-0.4, -0.2) is 78.0 Å². The predicted octanol–water partition coefficient (Wildman–Crippen LogP) is 0.810. The van der Waals surface area contributed by atoms with E-state index in [1.807, 2.05) is 19.9 Å². The zero-order valence-corrected chi connectivity index (χ0v) is 16.5. The first kappa shape index (κ1) is 19.3. The molecule has 3 rings (SSSR count). The normalized spacial score (nSPS) is 22.8. The van der Waals surface area contributed by atoms with Gasteiger partial charge in [-0.2, -0.15) is 9.40 Å². The van der Waals surface area contributed by atoms with E-state index in [-0.39, 0.29) is 18.4 Å². The minimum absolute atomic E-state index is 0.145. The number of carbonyl (C=O) groups excluding carboxylic acids is 1. The SMILES string of the molecule is CC(C)c1cc(C(=O)N2CCC[C@@H](S(=O)(=O)N3CCOCC3)C2)n(C)n1. The molecule has 1 aromatic rings. The van der Waals surface area contributed by atoms with E-state index in [2.05, 4.69) is 5.10 Å². The molecule has 0 N–H and O–H groups in total. The van der Waals surface area contributed by atoms with Crippen LogP contribution in [0.15, 0.2) is 6.07 Å². The first-order valence-corrected chi connectivity index (χ1v) is 10.7. The van der Waals surface area contributed by atoms with Crippen LogP contribution in [0.25, 0.3) is 0 Å². The minimum Gasteiger partial charge on any atom is -0.379 e. The molecule has 2 fully saturated rings. The molecule has 1 aromatic heterocycles. The van der Waals surface area contributed by atoms with Crippen LogP contribution in [0.1, 0.15) is 48.8 Å². The topological polar surface area (TPSA) is 84.7 Å². The lowest BCUT2D eigenvalue weighted by molar-refractivity contribution is 0.0680. The number of amides is 1. The van der Waals surface area contributed by atoms with Crippen molar-refractivity contribution in [3.63, 3.8) is 0 Å². The van der Waals surface area contributed by atoms with E-state index in [4.69, 9.17) is 4.74 Å². The van der Waals surface area contributed by atoms with E-state index in [0.29, 0.717) is 51.4 Å². The van der Waals surface area contributed by atoms with Gasteiger partial charge in [-0.3, -0.25) is 9.48 Å². The second-order valence-corrected chi connectivity index (χ2v) is 9.52. The molecule has 0 bridgehead atoms. The van der Waals surface area contributed by atoms with Gasteiger partial charge in [0.25, 0.3) is 5.91 Å².